The Morgan fingerprint density at radius 1 is 1.37 bits per heavy atom. The van der Waals surface area contributed by atoms with Crippen molar-refractivity contribution in [2.45, 2.75) is 32.9 Å². The van der Waals surface area contributed by atoms with Crippen LogP contribution in [0.3, 0.4) is 0 Å². The Kier molecular flexibility index (Phi) is 4.52. The first-order valence-corrected chi connectivity index (χ1v) is 6.47. The van der Waals surface area contributed by atoms with E-state index in [2.05, 4.69) is 10.3 Å². The number of ether oxygens (including phenoxy) is 1. The van der Waals surface area contributed by atoms with E-state index in [1.807, 2.05) is 38.1 Å². The van der Waals surface area contributed by atoms with Crippen LogP contribution in [0.25, 0.3) is 0 Å². The summed E-state index contributed by atoms with van der Waals surface area (Å²) in [5, 5.41) is 17.5. The van der Waals surface area contributed by atoms with Gasteiger partial charge in [-0.3, -0.25) is 0 Å². The van der Waals surface area contributed by atoms with E-state index >= 15 is 0 Å². The highest BCUT2D eigenvalue weighted by atomic mass is 16.5. The molecule has 0 saturated carbocycles. The molecular formula is C14H19N3O2. The number of hydrogen-bond acceptors (Lipinski definition) is 4. The fourth-order valence-corrected chi connectivity index (χ4v) is 1.75. The molecule has 0 spiro atoms. The Labute approximate surface area is 112 Å². The summed E-state index contributed by atoms with van der Waals surface area (Å²) in [7, 11) is 0. The zero-order valence-electron chi connectivity index (χ0n) is 11.3. The van der Waals surface area contributed by atoms with Crippen molar-refractivity contribution in [3.8, 4) is 5.75 Å². The monoisotopic (exact) mass is 261 g/mol. The summed E-state index contributed by atoms with van der Waals surface area (Å²) in [4.78, 5) is 0. The Bertz CT molecular complexity index is 525. The second-order valence-corrected chi connectivity index (χ2v) is 4.44. The zero-order chi connectivity index (χ0) is 13.7. The summed E-state index contributed by atoms with van der Waals surface area (Å²) in [6, 6.07) is 7.90. The van der Waals surface area contributed by atoms with Gasteiger partial charge in [0.05, 0.1) is 18.8 Å². The van der Waals surface area contributed by atoms with E-state index in [0.29, 0.717) is 25.3 Å². The molecule has 5 nitrogen and oxygen atoms in total. The van der Waals surface area contributed by atoms with Crippen LogP contribution < -0.4 is 4.74 Å². The maximum Gasteiger partial charge on any atom is 0.122 e. The lowest BCUT2D eigenvalue weighted by Gasteiger charge is -2.08. The van der Waals surface area contributed by atoms with Gasteiger partial charge in [0, 0.05) is 0 Å². The summed E-state index contributed by atoms with van der Waals surface area (Å²) in [5.41, 5.74) is 1.72. The van der Waals surface area contributed by atoms with Crippen molar-refractivity contribution in [3.63, 3.8) is 0 Å². The molecule has 1 heterocycles. The molecule has 0 fully saturated rings. The van der Waals surface area contributed by atoms with Gasteiger partial charge in [-0.05, 0) is 25.0 Å². The second kappa shape index (κ2) is 6.33. The van der Waals surface area contributed by atoms with Gasteiger partial charge >= 0.3 is 0 Å². The minimum Gasteiger partial charge on any atom is -0.491 e. The van der Waals surface area contributed by atoms with Crippen LogP contribution in [-0.4, -0.2) is 26.7 Å². The van der Waals surface area contributed by atoms with Gasteiger partial charge in [-0.1, -0.05) is 30.3 Å². The average Bonchev–Trinajstić information content (AvgIpc) is 2.89. The van der Waals surface area contributed by atoms with Gasteiger partial charge in [0.25, 0.3) is 0 Å². The molecule has 1 aromatic heterocycles. The van der Waals surface area contributed by atoms with Gasteiger partial charge < -0.3 is 9.84 Å². The summed E-state index contributed by atoms with van der Waals surface area (Å²) in [5.74, 6) is 0.886. The van der Waals surface area contributed by atoms with Crippen molar-refractivity contribution >= 4 is 0 Å². The highest BCUT2D eigenvalue weighted by Crippen LogP contribution is 2.16. The van der Waals surface area contributed by atoms with Gasteiger partial charge in [-0.15, -0.1) is 5.10 Å². The van der Waals surface area contributed by atoms with Crippen LogP contribution in [0.15, 0.2) is 30.5 Å². The molecule has 5 heteroatoms. The van der Waals surface area contributed by atoms with Crippen molar-refractivity contribution in [3.05, 3.63) is 41.7 Å². The molecular weight excluding hydrogens is 242 g/mol. The molecule has 102 valence electrons. The Hall–Kier alpha value is -1.88. The number of aliphatic hydroxyl groups is 1. The quantitative estimate of drug-likeness (QED) is 0.865. The van der Waals surface area contributed by atoms with Gasteiger partial charge in [-0.25, -0.2) is 4.68 Å². The topological polar surface area (TPSA) is 60.2 Å². The van der Waals surface area contributed by atoms with E-state index in [9.17, 15) is 5.11 Å². The van der Waals surface area contributed by atoms with Crippen molar-refractivity contribution in [2.24, 2.45) is 0 Å². The lowest BCUT2D eigenvalue weighted by Crippen LogP contribution is -2.09. The summed E-state index contributed by atoms with van der Waals surface area (Å²) >= 11 is 0. The molecule has 1 N–H and O–H groups in total. The van der Waals surface area contributed by atoms with Crippen LogP contribution >= 0.6 is 0 Å². The first-order valence-electron chi connectivity index (χ1n) is 6.47. The molecule has 0 aliphatic carbocycles. The molecule has 1 unspecified atom stereocenters. The number of hydrogen-bond donors (Lipinski definition) is 1. The van der Waals surface area contributed by atoms with Crippen molar-refractivity contribution in [2.75, 3.05) is 6.61 Å². The molecule has 0 radical (unpaired) electrons. The summed E-state index contributed by atoms with van der Waals surface area (Å²) < 4.78 is 7.37. The predicted molar refractivity (Wildman–Crippen MR) is 71.9 cm³/mol. The Balaban J connectivity index is 1.86. The molecule has 2 aromatic rings. The SMILES string of the molecule is CCC(O)c1cn(CCOc2ccccc2C)nn1. The number of aryl methyl sites for hydroxylation is 1. The number of nitrogens with zero attached hydrogens (tertiary/aromatic N) is 3. The smallest absolute Gasteiger partial charge is 0.122 e. The number of aromatic nitrogens is 3. The molecule has 0 aliphatic rings. The number of aliphatic hydroxyl groups excluding tert-OH is 1. The van der Waals surface area contributed by atoms with E-state index < -0.39 is 6.10 Å². The molecule has 0 bridgehead atoms. The van der Waals surface area contributed by atoms with Crippen molar-refractivity contribution in [1.82, 2.24) is 15.0 Å². The third-order valence-corrected chi connectivity index (χ3v) is 2.96. The Morgan fingerprint density at radius 2 is 2.16 bits per heavy atom. The first kappa shape index (κ1) is 13.5. The summed E-state index contributed by atoms with van der Waals surface area (Å²) in [6.07, 6.45) is 1.86. The van der Waals surface area contributed by atoms with Crippen LogP contribution in [0.4, 0.5) is 0 Å². The van der Waals surface area contributed by atoms with Crippen LogP contribution in [-0.2, 0) is 6.54 Å². The molecule has 1 aromatic carbocycles. The van der Waals surface area contributed by atoms with Gasteiger partial charge in [0.2, 0.25) is 0 Å². The third kappa shape index (κ3) is 3.54. The number of rotatable bonds is 6. The van der Waals surface area contributed by atoms with E-state index in [0.717, 1.165) is 11.3 Å². The number of benzene rings is 1. The van der Waals surface area contributed by atoms with E-state index in [1.165, 1.54) is 0 Å². The molecule has 0 saturated heterocycles. The zero-order valence-corrected chi connectivity index (χ0v) is 11.3. The predicted octanol–water partition coefficient (Wildman–Crippen LogP) is 2.11. The lowest BCUT2D eigenvalue weighted by molar-refractivity contribution is 0.168. The molecule has 19 heavy (non-hydrogen) atoms. The van der Waals surface area contributed by atoms with Crippen molar-refractivity contribution < 1.29 is 9.84 Å². The largest absolute Gasteiger partial charge is 0.491 e. The highest BCUT2D eigenvalue weighted by molar-refractivity contribution is 5.31. The second-order valence-electron chi connectivity index (χ2n) is 4.44. The summed E-state index contributed by atoms with van der Waals surface area (Å²) in [6.45, 7) is 5.05. The first-order chi connectivity index (χ1) is 9.20. The maximum atomic E-state index is 9.64. The van der Waals surface area contributed by atoms with Crippen LogP contribution in [0.5, 0.6) is 5.75 Å². The minimum absolute atomic E-state index is 0.524. The van der Waals surface area contributed by atoms with Gasteiger partial charge in [0.15, 0.2) is 0 Å². The lowest BCUT2D eigenvalue weighted by atomic mass is 10.2. The van der Waals surface area contributed by atoms with Crippen molar-refractivity contribution in [1.29, 1.82) is 0 Å². The molecule has 1 atom stereocenters. The van der Waals surface area contributed by atoms with E-state index in [-0.39, 0.29) is 0 Å². The average molecular weight is 261 g/mol. The molecule has 0 amide bonds. The van der Waals surface area contributed by atoms with E-state index in [1.54, 1.807) is 10.9 Å². The molecule has 0 aliphatic heterocycles. The van der Waals surface area contributed by atoms with E-state index in [4.69, 9.17) is 4.74 Å². The Morgan fingerprint density at radius 3 is 2.89 bits per heavy atom. The number of para-hydroxylation sites is 1. The van der Waals surface area contributed by atoms with Crippen LogP contribution in [0.1, 0.15) is 30.7 Å². The maximum absolute atomic E-state index is 9.64. The highest BCUT2D eigenvalue weighted by Gasteiger charge is 2.09. The third-order valence-electron chi connectivity index (χ3n) is 2.96. The fourth-order valence-electron chi connectivity index (χ4n) is 1.75. The van der Waals surface area contributed by atoms with Gasteiger partial charge in [-0.2, -0.15) is 0 Å². The van der Waals surface area contributed by atoms with Crippen LogP contribution in [0.2, 0.25) is 0 Å². The molecule has 2 rings (SSSR count). The van der Waals surface area contributed by atoms with Gasteiger partial charge in [0.1, 0.15) is 18.1 Å². The fraction of sp³-hybridized carbons (Fsp3) is 0.429. The minimum atomic E-state index is -0.536. The standard InChI is InChI=1S/C14H19N3O2/c1-3-13(18)12-10-17(16-15-12)8-9-19-14-7-5-4-6-11(14)2/h4-7,10,13,18H,3,8-9H2,1-2H3. The van der Waals surface area contributed by atoms with Crippen LogP contribution in [0, 0.1) is 6.92 Å². The normalized spacial score (nSPS) is 12.4.